The number of anilines is 1. The van der Waals surface area contributed by atoms with E-state index in [1.807, 2.05) is 0 Å². The lowest BCUT2D eigenvalue weighted by molar-refractivity contribution is 0.0586. The summed E-state index contributed by atoms with van der Waals surface area (Å²) in [5.41, 5.74) is 0.0700. The van der Waals surface area contributed by atoms with Gasteiger partial charge in [0, 0.05) is 11.9 Å². The second-order valence-corrected chi connectivity index (χ2v) is 6.84. The molecule has 9 heteroatoms. The number of hydrogen-bond acceptors (Lipinski definition) is 7. The van der Waals surface area contributed by atoms with Crippen LogP contribution in [0.2, 0.25) is 0 Å². The Morgan fingerprint density at radius 2 is 1.96 bits per heavy atom. The zero-order chi connectivity index (χ0) is 20.5. The Kier molecular flexibility index (Phi) is 5.00. The number of pyridine rings is 1. The van der Waals surface area contributed by atoms with Crippen molar-refractivity contribution in [2.45, 2.75) is 26.4 Å². The first kappa shape index (κ1) is 19.3. The van der Waals surface area contributed by atoms with Crippen LogP contribution in [0.5, 0.6) is 0 Å². The van der Waals surface area contributed by atoms with Gasteiger partial charge in [0.25, 0.3) is 0 Å². The predicted octanol–water partition coefficient (Wildman–Crippen LogP) is 4.16. The summed E-state index contributed by atoms with van der Waals surface area (Å²) < 4.78 is 29.9. The summed E-state index contributed by atoms with van der Waals surface area (Å²) in [4.78, 5) is 31.4. The second kappa shape index (κ2) is 7.26. The Balaban J connectivity index is 1.92. The van der Waals surface area contributed by atoms with Crippen LogP contribution in [0.15, 0.2) is 34.9 Å². The minimum Gasteiger partial charge on any atom is -0.464 e. The van der Waals surface area contributed by atoms with Gasteiger partial charge in [-0.15, -0.1) is 0 Å². The smallest absolute Gasteiger partial charge is 0.412 e. The van der Waals surface area contributed by atoms with E-state index in [9.17, 15) is 14.0 Å². The van der Waals surface area contributed by atoms with E-state index >= 15 is 0 Å². The van der Waals surface area contributed by atoms with Crippen LogP contribution < -0.4 is 5.32 Å². The molecule has 0 bridgehead atoms. The standard InChI is InChI=1S/C19H18FN3O5/c1-19(2,3)28-18(25)22-10-5-6-13-12(9-10)23-16(27-13)11-7-8-21-15(14(11)20)17(24)26-4/h5-9H,1-4H3,(H,22,25). The van der Waals surface area contributed by atoms with E-state index in [4.69, 9.17) is 9.15 Å². The molecule has 0 radical (unpaired) electrons. The van der Waals surface area contributed by atoms with Crippen LogP contribution in [0.4, 0.5) is 14.9 Å². The lowest BCUT2D eigenvalue weighted by Crippen LogP contribution is -2.27. The number of nitrogens with zero attached hydrogens (tertiary/aromatic N) is 2. The number of benzene rings is 1. The molecule has 0 aliphatic carbocycles. The van der Waals surface area contributed by atoms with E-state index in [0.29, 0.717) is 16.8 Å². The SMILES string of the molecule is COC(=O)c1nccc(-c2nc3cc(NC(=O)OC(C)(C)C)ccc3o2)c1F. The van der Waals surface area contributed by atoms with E-state index in [2.05, 4.69) is 20.0 Å². The molecule has 0 saturated carbocycles. The quantitative estimate of drug-likeness (QED) is 0.673. The molecule has 8 nitrogen and oxygen atoms in total. The van der Waals surface area contributed by atoms with E-state index in [1.54, 1.807) is 39.0 Å². The summed E-state index contributed by atoms with van der Waals surface area (Å²) >= 11 is 0. The van der Waals surface area contributed by atoms with Crippen LogP contribution in [0.3, 0.4) is 0 Å². The zero-order valence-electron chi connectivity index (χ0n) is 15.7. The number of fused-ring (bicyclic) bond motifs is 1. The first-order chi connectivity index (χ1) is 13.2. The maximum atomic E-state index is 14.6. The normalized spacial score (nSPS) is 11.3. The molecule has 0 fully saturated rings. The number of aromatic nitrogens is 2. The highest BCUT2D eigenvalue weighted by Crippen LogP contribution is 2.29. The van der Waals surface area contributed by atoms with Crippen molar-refractivity contribution >= 4 is 28.8 Å². The minimum atomic E-state index is -0.903. The van der Waals surface area contributed by atoms with Gasteiger partial charge in [-0.1, -0.05) is 0 Å². The number of hydrogen-bond donors (Lipinski definition) is 1. The highest BCUT2D eigenvalue weighted by atomic mass is 19.1. The first-order valence-corrected chi connectivity index (χ1v) is 8.32. The van der Waals surface area contributed by atoms with Gasteiger partial charge in [0.2, 0.25) is 5.89 Å². The Labute approximate surface area is 159 Å². The third kappa shape index (κ3) is 4.08. The zero-order valence-corrected chi connectivity index (χ0v) is 15.7. The van der Waals surface area contributed by atoms with Gasteiger partial charge in [0.1, 0.15) is 11.1 Å². The molecule has 0 spiro atoms. The van der Waals surface area contributed by atoms with Gasteiger partial charge < -0.3 is 13.9 Å². The fraction of sp³-hybridized carbons (Fsp3) is 0.263. The summed E-state index contributed by atoms with van der Waals surface area (Å²) in [7, 11) is 1.13. The van der Waals surface area contributed by atoms with E-state index < -0.39 is 29.2 Å². The monoisotopic (exact) mass is 387 g/mol. The number of carbonyl (C=O) groups excluding carboxylic acids is 2. The van der Waals surface area contributed by atoms with Crippen molar-refractivity contribution in [2.75, 3.05) is 12.4 Å². The Morgan fingerprint density at radius 3 is 2.64 bits per heavy atom. The topological polar surface area (TPSA) is 104 Å². The molecule has 0 saturated heterocycles. The van der Waals surface area contributed by atoms with Gasteiger partial charge in [-0.2, -0.15) is 0 Å². The van der Waals surface area contributed by atoms with Crippen molar-refractivity contribution in [3.05, 3.63) is 42.0 Å². The van der Waals surface area contributed by atoms with Crippen LogP contribution in [-0.4, -0.2) is 34.7 Å². The molecule has 3 aromatic rings. The van der Waals surface area contributed by atoms with Crippen LogP contribution in [0.1, 0.15) is 31.3 Å². The highest BCUT2D eigenvalue weighted by molar-refractivity contribution is 5.90. The third-order valence-electron chi connectivity index (χ3n) is 3.53. The van der Waals surface area contributed by atoms with Crippen LogP contribution in [-0.2, 0) is 9.47 Å². The first-order valence-electron chi connectivity index (χ1n) is 8.32. The fourth-order valence-corrected chi connectivity index (χ4v) is 2.39. The van der Waals surface area contributed by atoms with E-state index in [1.165, 1.54) is 12.3 Å². The number of halogens is 1. The molecule has 2 aromatic heterocycles. The van der Waals surface area contributed by atoms with Crippen molar-refractivity contribution in [1.29, 1.82) is 0 Å². The number of methoxy groups -OCH3 is 1. The van der Waals surface area contributed by atoms with Crippen molar-refractivity contribution in [3.8, 4) is 11.5 Å². The number of amides is 1. The predicted molar refractivity (Wildman–Crippen MR) is 98.4 cm³/mol. The summed E-state index contributed by atoms with van der Waals surface area (Å²) in [6.07, 6.45) is 0.646. The molecule has 1 aromatic carbocycles. The fourth-order valence-electron chi connectivity index (χ4n) is 2.39. The average molecular weight is 387 g/mol. The number of carbonyl (C=O) groups is 2. The number of ether oxygens (including phenoxy) is 2. The van der Waals surface area contributed by atoms with Crippen molar-refractivity contribution < 1.29 is 27.9 Å². The second-order valence-electron chi connectivity index (χ2n) is 6.84. The summed E-state index contributed by atoms with van der Waals surface area (Å²) in [5.74, 6) is -1.83. The van der Waals surface area contributed by atoms with Gasteiger partial charge in [-0.3, -0.25) is 5.32 Å². The number of oxazole rings is 1. The molecule has 3 rings (SSSR count). The van der Waals surface area contributed by atoms with Crippen molar-refractivity contribution in [2.24, 2.45) is 0 Å². The molecule has 28 heavy (non-hydrogen) atoms. The molecule has 1 amide bonds. The molecule has 0 aliphatic heterocycles. The summed E-state index contributed by atoms with van der Waals surface area (Å²) in [5, 5.41) is 2.59. The Morgan fingerprint density at radius 1 is 1.21 bits per heavy atom. The molecular weight excluding hydrogens is 369 g/mol. The maximum absolute atomic E-state index is 14.6. The molecule has 2 heterocycles. The summed E-state index contributed by atoms with van der Waals surface area (Å²) in [6.45, 7) is 5.27. The molecule has 0 atom stereocenters. The molecule has 0 unspecified atom stereocenters. The lowest BCUT2D eigenvalue weighted by atomic mass is 10.2. The number of nitrogens with one attached hydrogen (secondary N) is 1. The Hall–Kier alpha value is -3.49. The van der Waals surface area contributed by atoms with Crippen molar-refractivity contribution in [3.63, 3.8) is 0 Å². The average Bonchev–Trinajstić information content (AvgIpc) is 3.02. The number of rotatable bonds is 3. The minimum absolute atomic E-state index is 0.0329. The van der Waals surface area contributed by atoms with Crippen molar-refractivity contribution in [1.82, 2.24) is 9.97 Å². The number of esters is 1. The maximum Gasteiger partial charge on any atom is 0.412 e. The van der Waals surface area contributed by atoms with Gasteiger partial charge in [0.05, 0.1) is 12.7 Å². The molecule has 1 N–H and O–H groups in total. The molecule has 0 aliphatic rings. The molecular formula is C19H18FN3O5. The highest BCUT2D eigenvalue weighted by Gasteiger charge is 2.21. The van der Waals surface area contributed by atoms with Gasteiger partial charge in [0.15, 0.2) is 17.1 Å². The third-order valence-corrected chi connectivity index (χ3v) is 3.53. The lowest BCUT2D eigenvalue weighted by Gasteiger charge is -2.19. The van der Waals surface area contributed by atoms with E-state index in [-0.39, 0.29) is 11.5 Å². The van der Waals surface area contributed by atoms with Gasteiger partial charge in [-0.05, 0) is 45.0 Å². The van der Waals surface area contributed by atoms with Crippen LogP contribution in [0.25, 0.3) is 22.6 Å². The van der Waals surface area contributed by atoms with Crippen LogP contribution in [0, 0.1) is 5.82 Å². The Bertz CT molecular complexity index is 1060. The van der Waals surface area contributed by atoms with Gasteiger partial charge >= 0.3 is 12.1 Å². The summed E-state index contributed by atoms with van der Waals surface area (Å²) in [6, 6.07) is 6.09. The van der Waals surface area contributed by atoms with E-state index in [0.717, 1.165) is 7.11 Å². The van der Waals surface area contributed by atoms with Gasteiger partial charge in [-0.25, -0.2) is 23.9 Å². The largest absolute Gasteiger partial charge is 0.464 e. The van der Waals surface area contributed by atoms with Crippen LogP contribution >= 0.6 is 0 Å². The molecule has 146 valence electrons.